The van der Waals surface area contributed by atoms with Gasteiger partial charge in [0, 0.05) is 30.9 Å². The van der Waals surface area contributed by atoms with Crippen LogP contribution >= 0.6 is 11.3 Å². The summed E-state index contributed by atoms with van der Waals surface area (Å²) >= 11 is 1.89. The lowest BCUT2D eigenvalue weighted by Gasteiger charge is -2.18. The Bertz CT molecular complexity index is 3410. The van der Waals surface area contributed by atoms with Gasteiger partial charge in [0.2, 0.25) is 0 Å². The van der Waals surface area contributed by atoms with Gasteiger partial charge in [-0.3, -0.25) is 0 Å². The molecule has 240 valence electrons. The van der Waals surface area contributed by atoms with Crippen molar-refractivity contribution in [2.24, 2.45) is 0 Å². The van der Waals surface area contributed by atoms with Gasteiger partial charge in [-0.2, -0.15) is 0 Å². The summed E-state index contributed by atoms with van der Waals surface area (Å²) in [4.78, 5) is 0. The second kappa shape index (κ2) is 10.5. The Morgan fingerprint density at radius 1 is 0.288 bits per heavy atom. The number of benzene rings is 10. The van der Waals surface area contributed by atoms with E-state index in [1.807, 2.05) is 11.3 Å². The smallest absolute Gasteiger partial charge is 0.136 e. The van der Waals surface area contributed by atoms with Crippen LogP contribution in [0.4, 0.5) is 0 Å². The molecular weight excluding hydrogens is 649 g/mol. The number of furan rings is 1. The summed E-state index contributed by atoms with van der Waals surface area (Å²) in [5, 5.41) is 17.6. The molecule has 1 nitrogen and oxygen atoms in total. The Balaban J connectivity index is 1.10. The van der Waals surface area contributed by atoms with Gasteiger partial charge in [-0.05, 0) is 125 Å². The molecule has 10 aromatic carbocycles. The monoisotopic (exact) mass is 676 g/mol. The highest BCUT2D eigenvalue weighted by atomic mass is 32.1. The van der Waals surface area contributed by atoms with Gasteiger partial charge in [-0.1, -0.05) is 121 Å². The van der Waals surface area contributed by atoms with Crippen molar-refractivity contribution in [2.75, 3.05) is 0 Å². The van der Waals surface area contributed by atoms with E-state index >= 15 is 0 Å². The van der Waals surface area contributed by atoms with Crippen LogP contribution in [0.5, 0.6) is 0 Å². The van der Waals surface area contributed by atoms with E-state index in [0.717, 1.165) is 21.9 Å². The molecule has 2 heterocycles. The summed E-state index contributed by atoms with van der Waals surface area (Å²) in [6.45, 7) is 0. The first kappa shape index (κ1) is 28.2. The highest BCUT2D eigenvalue weighted by Gasteiger charge is 2.19. The van der Waals surface area contributed by atoms with Crippen LogP contribution in [-0.2, 0) is 0 Å². The Labute approximate surface area is 302 Å². The minimum atomic E-state index is 0.913. The average molecular weight is 677 g/mol. The zero-order valence-corrected chi connectivity index (χ0v) is 28.8. The number of hydrogen-bond acceptors (Lipinski definition) is 2. The van der Waals surface area contributed by atoms with Gasteiger partial charge < -0.3 is 4.42 Å². The first-order valence-corrected chi connectivity index (χ1v) is 18.6. The molecule has 0 radical (unpaired) electrons. The molecule has 2 heteroatoms. The molecule has 0 fully saturated rings. The second-order valence-corrected chi connectivity index (χ2v) is 15.1. The van der Waals surface area contributed by atoms with Crippen molar-refractivity contribution < 1.29 is 4.42 Å². The quantitative estimate of drug-likeness (QED) is 0.131. The summed E-state index contributed by atoms with van der Waals surface area (Å²) in [6.07, 6.45) is 0. The summed E-state index contributed by atoms with van der Waals surface area (Å²) < 4.78 is 9.05. The first-order chi connectivity index (χ1) is 25.7. The zero-order valence-electron chi connectivity index (χ0n) is 28.0. The fraction of sp³-hybridized carbons (Fsp3) is 0. The van der Waals surface area contributed by atoms with Crippen molar-refractivity contribution in [3.05, 3.63) is 170 Å². The molecule has 12 rings (SSSR count). The third kappa shape index (κ3) is 3.98. The van der Waals surface area contributed by atoms with E-state index in [1.54, 1.807) is 0 Å². The second-order valence-electron chi connectivity index (χ2n) is 14.0. The third-order valence-electron chi connectivity index (χ3n) is 11.2. The van der Waals surface area contributed by atoms with Gasteiger partial charge in [0.1, 0.15) is 11.2 Å². The van der Waals surface area contributed by atoms with Crippen LogP contribution in [0.2, 0.25) is 0 Å². The van der Waals surface area contributed by atoms with Crippen LogP contribution in [0.15, 0.2) is 174 Å². The number of fused-ring (bicyclic) bond motifs is 12. The summed E-state index contributed by atoms with van der Waals surface area (Å²) in [6, 6.07) is 62.7. The average Bonchev–Trinajstić information content (AvgIpc) is 3.74. The van der Waals surface area contributed by atoms with E-state index in [9.17, 15) is 0 Å². The fourth-order valence-corrected chi connectivity index (χ4v) is 9.91. The predicted molar refractivity (Wildman–Crippen MR) is 225 cm³/mol. The molecule has 2 aromatic heterocycles. The summed E-state index contributed by atoms with van der Waals surface area (Å²) in [7, 11) is 0. The SMILES string of the molecule is c1ccc2cc3c(cc2c1)oc1ccc(-c2c4ccccc4c(-c4ccc5sc6cc7c(ccc8ccccc87)cc6c5c4)c4ccccc24)cc13. The number of rotatable bonds is 2. The topological polar surface area (TPSA) is 13.1 Å². The van der Waals surface area contributed by atoms with Crippen LogP contribution in [-0.4, -0.2) is 0 Å². The molecule has 0 bridgehead atoms. The lowest BCUT2D eigenvalue weighted by Crippen LogP contribution is -1.90. The molecule has 0 atom stereocenters. The lowest BCUT2D eigenvalue weighted by atomic mass is 9.85. The van der Waals surface area contributed by atoms with Gasteiger partial charge in [0.05, 0.1) is 0 Å². The minimum Gasteiger partial charge on any atom is -0.456 e. The molecule has 52 heavy (non-hydrogen) atoms. The largest absolute Gasteiger partial charge is 0.456 e. The minimum absolute atomic E-state index is 0.913. The molecule has 0 N–H and O–H groups in total. The lowest BCUT2D eigenvalue weighted by molar-refractivity contribution is 0.669. The predicted octanol–water partition coefficient (Wildman–Crippen LogP) is 15.1. The molecular formula is C50H28OS. The first-order valence-electron chi connectivity index (χ1n) is 17.8. The number of hydrogen-bond donors (Lipinski definition) is 0. The van der Waals surface area contributed by atoms with Crippen molar-refractivity contribution in [1.82, 2.24) is 0 Å². The normalized spacial score (nSPS) is 12.2. The van der Waals surface area contributed by atoms with E-state index in [1.165, 1.54) is 96.3 Å². The Kier molecular flexibility index (Phi) is 5.71. The van der Waals surface area contributed by atoms with Gasteiger partial charge in [0.25, 0.3) is 0 Å². The Hall–Kier alpha value is -6.48. The standard InChI is InChI=1S/C50H28OS/c1-2-11-31-27-46-42(23-30(31)10-1)41-25-33(19-21-45(41)51-46)49-36-13-5-7-15-38(36)50(39-16-8-6-14-37(39)49)34-20-22-47-43(26-34)44-24-32-18-17-29-9-3-4-12-35(29)40(32)28-48(44)52-47/h1-28H. The third-order valence-corrected chi connectivity index (χ3v) is 12.3. The highest BCUT2D eigenvalue weighted by Crippen LogP contribution is 2.47. The van der Waals surface area contributed by atoms with Gasteiger partial charge in [-0.15, -0.1) is 11.3 Å². The van der Waals surface area contributed by atoms with Crippen LogP contribution in [0.25, 0.3) is 118 Å². The van der Waals surface area contributed by atoms with Crippen LogP contribution in [0.1, 0.15) is 0 Å². The number of thiophene rings is 1. The maximum atomic E-state index is 6.41. The molecule has 0 spiro atoms. The summed E-state index contributed by atoms with van der Waals surface area (Å²) in [5.74, 6) is 0. The zero-order chi connectivity index (χ0) is 33.9. The van der Waals surface area contributed by atoms with Crippen molar-refractivity contribution >= 4 is 107 Å². The van der Waals surface area contributed by atoms with Crippen molar-refractivity contribution in [2.45, 2.75) is 0 Å². The maximum Gasteiger partial charge on any atom is 0.136 e. The molecule has 0 amide bonds. The van der Waals surface area contributed by atoms with Crippen molar-refractivity contribution in [3.8, 4) is 22.3 Å². The van der Waals surface area contributed by atoms with Crippen molar-refractivity contribution in [3.63, 3.8) is 0 Å². The van der Waals surface area contributed by atoms with Gasteiger partial charge >= 0.3 is 0 Å². The van der Waals surface area contributed by atoms with Crippen molar-refractivity contribution in [1.29, 1.82) is 0 Å². The molecule has 0 unspecified atom stereocenters. The molecule has 0 aliphatic carbocycles. The van der Waals surface area contributed by atoms with E-state index in [-0.39, 0.29) is 0 Å². The van der Waals surface area contributed by atoms with Gasteiger partial charge in [-0.25, -0.2) is 0 Å². The van der Waals surface area contributed by atoms with Crippen LogP contribution in [0.3, 0.4) is 0 Å². The molecule has 0 aliphatic heterocycles. The molecule has 12 aromatic rings. The molecule has 0 saturated carbocycles. The fourth-order valence-electron chi connectivity index (χ4n) is 8.80. The van der Waals surface area contributed by atoms with E-state index in [2.05, 4.69) is 170 Å². The highest BCUT2D eigenvalue weighted by molar-refractivity contribution is 7.25. The van der Waals surface area contributed by atoms with E-state index in [0.29, 0.717) is 0 Å². The van der Waals surface area contributed by atoms with Crippen LogP contribution < -0.4 is 0 Å². The Morgan fingerprint density at radius 3 is 1.52 bits per heavy atom. The van der Waals surface area contributed by atoms with E-state index in [4.69, 9.17) is 4.42 Å². The molecule has 0 saturated heterocycles. The van der Waals surface area contributed by atoms with E-state index < -0.39 is 0 Å². The summed E-state index contributed by atoms with van der Waals surface area (Å²) in [5.41, 5.74) is 6.82. The van der Waals surface area contributed by atoms with Gasteiger partial charge in [0.15, 0.2) is 0 Å². The van der Waals surface area contributed by atoms with Crippen LogP contribution in [0, 0.1) is 0 Å². The molecule has 0 aliphatic rings. The maximum absolute atomic E-state index is 6.41. The Morgan fingerprint density at radius 2 is 0.808 bits per heavy atom.